The molecule has 1 aliphatic rings. The molecule has 0 radical (unpaired) electrons. The van der Waals surface area contributed by atoms with Crippen LogP contribution < -0.4 is 5.73 Å². The summed E-state index contributed by atoms with van der Waals surface area (Å²) in [6.45, 7) is 0. The molecule has 1 aliphatic carbocycles. The first-order valence-corrected chi connectivity index (χ1v) is 3.70. The summed E-state index contributed by atoms with van der Waals surface area (Å²) in [5, 5.41) is 8.63. The van der Waals surface area contributed by atoms with E-state index in [9.17, 15) is 4.79 Å². The van der Waals surface area contributed by atoms with Gasteiger partial charge in [-0.1, -0.05) is 12.8 Å². The van der Waals surface area contributed by atoms with E-state index in [1.807, 2.05) is 0 Å². The van der Waals surface area contributed by atoms with Crippen molar-refractivity contribution in [1.82, 2.24) is 0 Å². The van der Waals surface area contributed by atoms with Crippen LogP contribution in [0.15, 0.2) is 0 Å². The minimum atomic E-state index is -0.729. The fraction of sp³-hybridized carbons (Fsp3) is 0.857. The molecule has 0 bridgehead atoms. The number of carbonyl (C=O) groups is 1. The first-order valence-electron chi connectivity index (χ1n) is 3.70. The normalized spacial score (nSPS) is 30.6. The molecule has 1 rings (SSSR count). The fourth-order valence-corrected chi connectivity index (χ4v) is 1.47. The van der Waals surface area contributed by atoms with Crippen LogP contribution in [0.4, 0.5) is 0 Å². The van der Waals surface area contributed by atoms with E-state index in [-0.39, 0.29) is 29.0 Å². The molecule has 0 aromatic rings. The maximum absolute atomic E-state index is 10.5. The number of nitrogens with two attached hydrogens (primary N) is 1. The van der Waals surface area contributed by atoms with E-state index < -0.39 is 5.97 Å². The van der Waals surface area contributed by atoms with Crippen LogP contribution in [0, 0.1) is 5.92 Å². The van der Waals surface area contributed by atoms with Gasteiger partial charge in [0, 0.05) is 23.1 Å². The van der Waals surface area contributed by atoms with Crippen molar-refractivity contribution < 1.29 is 27.0 Å². The van der Waals surface area contributed by atoms with Gasteiger partial charge in [0.25, 0.3) is 0 Å². The van der Waals surface area contributed by atoms with Crippen molar-refractivity contribution >= 4 is 5.97 Å². The maximum atomic E-state index is 10.5. The Morgan fingerprint density at radius 1 is 1.36 bits per heavy atom. The Labute approximate surface area is 76.8 Å². The largest absolute Gasteiger partial charge is 0.481 e. The zero-order valence-corrected chi connectivity index (χ0v) is 7.37. The molecule has 0 heterocycles. The molecule has 3 nitrogen and oxygen atoms in total. The van der Waals surface area contributed by atoms with Gasteiger partial charge in [0.05, 0.1) is 5.92 Å². The van der Waals surface area contributed by atoms with E-state index >= 15 is 0 Å². The number of carboxylic acids is 1. The van der Waals surface area contributed by atoms with Gasteiger partial charge in [-0.15, -0.1) is 0 Å². The maximum Gasteiger partial charge on any atom is 0.308 e. The predicted octanol–water partition coefficient (Wildman–Crippen LogP) is 0.586. The second-order valence-corrected chi connectivity index (χ2v) is 2.89. The van der Waals surface area contributed by atoms with Gasteiger partial charge in [0.1, 0.15) is 0 Å². The van der Waals surface area contributed by atoms with Crippen LogP contribution in [0.5, 0.6) is 0 Å². The summed E-state index contributed by atoms with van der Waals surface area (Å²) in [6, 6.07) is -0.105. The third-order valence-corrected chi connectivity index (χ3v) is 2.14. The summed E-state index contributed by atoms with van der Waals surface area (Å²) in [4.78, 5) is 10.5. The zero-order chi connectivity index (χ0) is 7.56. The third-order valence-electron chi connectivity index (χ3n) is 2.14. The molecule has 4 heteroatoms. The van der Waals surface area contributed by atoms with Crippen LogP contribution in [-0.2, 0) is 21.9 Å². The summed E-state index contributed by atoms with van der Waals surface area (Å²) in [7, 11) is 0. The van der Waals surface area contributed by atoms with Gasteiger partial charge in [-0.05, 0) is 12.8 Å². The smallest absolute Gasteiger partial charge is 0.308 e. The van der Waals surface area contributed by atoms with Crippen molar-refractivity contribution in [2.24, 2.45) is 11.7 Å². The Morgan fingerprint density at radius 3 is 2.27 bits per heavy atom. The van der Waals surface area contributed by atoms with E-state index in [4.69, 9.17) is 10.8 Å². The van der Waals surface area contributed by atoms with Crippen molar-refractivity contribution in [2.75, 3.05) is 0 Å². The molecule has 1 fully saturated rings. The standard InChI is InChI=1S/C7H13NO2.Fe/c8-6-4-2-1-3-5(6)7(9)10;/h5-6H,1-4,8H2,(H,9,10);. The molecule has 0 aromatic heterocycles. The number of rotatable bonds is 1. The fourth-order valence-electron chi connectivity index (χ4n) is 1.47. The van der Waals surface area contributed by atoms with Crippen LogP contribution in [0.2, 0.25) is 0 Å². The molecule has 2 atom stereocenters. The first-order chi connectivity index (χ1) is 4.72. The van der Waals surface area contributed by atoms with Crippen LogP contribution in [0.3, 0.4) is 0 Å². The van der Waals surface area contributed by atoms with Crippen molar-refractivity contribution in [3.63, 3.8) is 0 Å². The van der Waals surface area contributed by atoms with Crippen molar-refractivity contribution in [3.8, 4) is 0 Å². The molecule has 0 aromatic carbocycles. The minimum Gasteiger partial charge on any atom is -0.481 e. The van der Waals surface area contributed by atoms with Crippen molar-refractivity contribution in [1.29, 1.82) is 0 Å². The molecule has 11 heavy (non-hydrogen) atoms. The Hall–Kier alpha value is -0.0505. The van der Waals surface area contributed by atoms with E-state index in [2.05, 4.69) is 0 Å². The van der Waals surface area contributed by atoms with Gasteiger partial charge in [-0.25, -0.2) is 0 Å². The van der Waals surface area contributed by atoms with Crippen molar-refractivity contribution in [2.45, 2.75) is 31.7 Å². The number of aliphatic carboxylic acids is 1. The van der Waals surface area contributed by atoms with Crippen LogP contribution in [0.25, 0.3) is 0 Å². The molecular weight excluding hydrogens is 186 g/mol. The van der Waals surface area contributed by atoms with E-state index in [0.29, 0.717) is 0 Å². The number of carboxylic acid groups (broad SMARTS) is 1. The van der Waals surface area contributed by atoms with Gasteiger partial charge >= 0.3 is 5.97 Å². The van der Waals surface area contributed by atoms with Gasteiger partial charge in [-0.3, -0.25) is 4.79 Å². The second kappa shape index (κ2) is 4.75. The Kier molecular flexibility index (Phi) is 4.73. The molecule has 2 unspecified atom stereocenters. The summed E-state index contributed by atoms with van der Waals surface area (Å²) >= 11 is 0. The Balaban J connectivity index is 0.000001000. The summed E-state index contributed by atoms with van der Waals surface area (Å²) < 4.78 is 0. The molecule has 3 N–H and O–H groups in total. The second-order valence-electron chi connectivity index (χ2n) is 2.89. The monoisotopic (exact) mass is 199 g/mol. The molecule has 66 valence electrons. The van der Waals surface area contributed by atoms with Gasteiger partial charge in [0.2, 0.25) is 0 Å². The van der Waals surface area contributed by atoms with Crippen LogP contribution in [0.1, 0.15) is 25.7 Å². The molecule has 0 spiro atoms. The quantitative estimate of drug-likeness (QED) is 0.607. The molecule has 0 amide bonds. The van der Waals surface area contributed by atoms with E-state index in [0.717, 1.165) is 25.7 Å². The van der Waals surface area contributed by atoms with Gasteiger partial charge in [-0.2, -0.15) is 0 Å². The molecule has 0 aliphatic heterocycles. The zero-order valence-electron chi connectivity index (χ0n) is 6.27. The topological polar surface area (TPSA) is 63.3 Å². The van der Waals surface area contributed by atoms with Gasteiger partial charge < -0.3 is 10.8 Å². The third kappa shape index (κ3) is 2.81. The SMILES string of the molecule is NC1CCCCC1C(=O)O.[Fe]. The summed E-state index contributed by atoms with van der Waals surface area (Å²) in [5.74, 6) is -1.01. The molecule has 0 saturated heterocycles. The van der Waals surface area contributed by atoms with Crippen LogP contribution >= 0.6 is 0 Å². The Bertz CT molecular complexity index is 140. The van der Waals surface area contributed by atoms with Gasteiger partial charge in [0.15, 0.2) is 0 Å². The predicted molar refractivity (Wildman–Crippen MR) is 37.6 cm³/mol. The van der Waals surface area contributed by atoms with Crippen molar-refractivity contribution in [3.05, 3.63) is 0 Å². The van der Waals surface area contributed by atoms with E-state index in [1.165, 1.54) is 0 Å². The number of hydrogen-bond donors (Lipinski definition) is 2. The summed E-state index contributed by atoms with van der Waals surface area (Å²) in [5.41, 5.74) is 5.60. The average molecular weight is 199 g/mol. The Morgan fingerprint density at radius 2 is 1.91 bits per heavy atom. The average Bonchev–Trinajstić information content (AvgIpc) is 1.88. The molecule has 1 saturated carbocycles. The van der Waals surface area contributed by atoms with E-state index in [1.54, 1.807) is 0 Å². The van der Waals surface area contributed by atoms with Crippen LogP contribution in [-0.4, -0.2) is 17.1 Å². The number of hydrogen-bond acceptors (Lipinski definition) is 2. The summed E-state index contributed by atoms with van der Waals surface area (Å²) in [6.07, 6.45) is 3.74. The first kappa shape index (κ1) is 10.9. The molecular formula is C7H13FeNO2. The minimum absolute atomic E-state index is 0.